The van der Waals surface area contributed by atoms with Crippen LogP contribution >= 0.6 is 15.9 Å². The molecule has 1 rings (SSSR count). The highest BCUT2D eigenvalue weighted by atomic mass is 79.9. The molecule has 0 aliphatic rings. The van der Waals surface area contributed by atoms with E-state index >= 15 is 0 Å². The molecule has 1 aromatic rings. The first-order valence-electron chi connectivity index (χ1n) is 4.67. The van der Waals surface area contributed by atoms with E-state index in [1.165, 1.54) is 0 Å². The van der Waals surface area contributed by atoms with E-state index in [2.05, 4.69) is 21.2 Å². The second-order valence-electron chi connectivity index (χ2n) is 3.34. The van der Waals surface area contributed by atoms with Gasteiger partial charge in [0.05, 0.1) is 22.0 Å². The van der Waals surface area contributed by atoms with E-state index < -0.39 is 28.4 Å². The number of primary amides is 1. The Hall–Kier alpha value is -1.74. The number of carbonyl (C=O) groups is 1. The van der Waals surface area contributed by atoms with Crippen LogP contribution in [0, 0.1) is 15.9 Å². The maximum atomic E-state index is 13.1. The largest absolute Gasteiger partial charge is 0.381 e. The zero-order valence-corrected chi connectivity index (χ0v) is 10.5. The van der Waals surface area contributed by atoms with Gasteiger partial charge >= 0.3 is 0 Å². The lowest BCUT2D eigenvalue weighted by atomic mass is 10.2. The van der Waals surface area contributed by atoms with Gasteiger partial charge in [-0.3, -0.25) is 14.9 Å². The molecule has 0 saturated carbocycles. The molecular weight excluding hydrogens is 313 g/mol. The first-order chi connectivity index (χ1) is 8.32. The van der Waals surface area contributed by atoms with Gasteiger partial charge in [0, 0.05) is 0 Å². The van der Waals surface area contributed by atoms with Crippen molar-refractivity contribution in [3.05, 3.63) is 32.5 Å². The number of nitro benzene ring substituents is 1. The molecule has 1 unspecified atom stereocenters. The van der Waals surface area contributed by atoms with Crippen molar-refractivity contribution in [2.75, 3.05) is 11.9 Å². The summed E-state index contributed by atoms with van der Waals surface area (Å²) in [6.45, 7) is -0.311. The Balaban J connectivity index is 2.97. The highest BCUT2D eigenvalue weighted by Gasteiger charge is 2.19. The Labute approximate surface area is 109 Å². The number of carbonyl (C=O) groups excluding carboxylic acids is 1. The SMILES string of the molecule is NC(=O)C(O)CNc1cc(Br)c(F)cc1[N+](=O)[O-]. The van der Waals surface area contributed by atoms with Crippen LogP contribution in [-0.4, -0.2) is 28.6 Å². The zero-order chi connectivity index (χ0) is 13.9. The van der Waals surface area contributed by atoms with Crippen molar-refractivity contribution in [2.24, 2.45) is 5.73 Å². The molecule has 7 nitrogen and oxygen atoms in total. The van der Waals surface area contributed by atoms with Crippen molar-refractivity contribution in [1.82, 2.24) is 0 Å². The molecule has 18 heavy (non-hydrogen) atoms. The van der Waals surface area contributed by atoms with E-state index in [-0.39, 0.29) is 16.7 Å². The number of nitrogens with one attached hydrogen (secondary N) is 1. The van der Waals surface area contributed by atoms with E-state index in [4.69, 9.17) is 10.8 Å². The molecule has 0 saturated heterocycles. The van der Waals surface area contributed by atoms with Crippen molar-refractivity contribution in [3.8, 4) is 0 Å². The second kappa shape index (κ2) is 5.74. The maximum absolute atomic E-state index is 13.1. The van der Waals surface area contributed by atoms with Gasteiger partial charge in [0.2, 0.25) is 5.91 Å². The summed E-state index contributed by atoms with van der Waals surface area (Å²) in [5.74, 6) is -1.76. The van der Waals surface area contributed by atoms with Gasteiger partial charge in [-0.25, -0.2) is 4.39 Å². The molecule has 0 fully saturated rings. The molecule has 4 N–H and O–H groups in total. The quantitative estimate of drug-likeness (QED) is 0.546. The number of nitrogens with zero attached hydrogens (tertiary/aromatic N) is 1. The molecule has 1 amide bonds. The topological polar surface area (TPSA) is 118 Å². The van der Waals surface area contributed by atoms with Crippen LogP contribution in [0.4, 0.5) is 15.8 Å². The van der Waals surface area contributed by atoms with Gasteiger partial charge in [0.1, 0.15) is 17.6 Å². The number of hydrogen-bond donors (Lipinski definition) is 3. The third kappa shape index (κ3) is 3.37. The molecule has 98 valence electrons. The van der Waals surface area contributed by atoms with Crippen molar-refractivity contribution in [3.63, 3.8) is 0 Å². The Kier molecular flexibility index (Phi) is 4.56. The van der Waals surface area contributed by atoms with Crippen LogP contribution in [0.5, 0.6) is 0 Å². The predicted molar refractivity (Wildman–Crippen MR) is 64.4 cm³/mol. The van der Waals surface area contributed by atoms with Crippen LogP contribution in [0.3, 0.4) is 0 Å². The minimum Gasteiger partial charge on any atom is -0.381 e. The molecule has 1 aromatic carbocycles. The van der Waals surface area contributed by atoms with Gasteiger partial charge in [0.15, 0.2) is 0 Å². The molecule has 9 heteroatoms. The number of hydrogen-bond acceptors (Lipinski definition) is 5. The van der Waals surface area contributed by atoms with E-state index in [0.29, 0.717) is 0 Å². The van der Waals surface area contributed by atoms with Crippen molar-refractivity contribution in [2.45, 2.75) is 6.10 Å². The van der Waals surface area contributed by atoms with Gasteiger partial charge in [-0.1, -0.05) is 0 Å². The lowest BCUT2D eigenvalue weighted by molar-refractivity contribution is -0.384. The van der Waals surface area contributed by atoms with Crippen LogP contribution < -0.4 is 11.1 Å². The molecule has 0 bridgehead atoms. The van der Waals surface area contributed by atoms with Crippen LogP contribution in [0.15, 0.2) is 16.6 Å². The average molecular weight is 322 g/mol. The fourth-order valence-corrected chi connectivity index (χ4v) is 1.48. The number of rotatable bonds is 5. The number of nitrogens with two attached hydrogens (primary N) is 1. The van der Waals surface area contributed by atoms with Crippen molar-refractivity contribution >= 4 is 33.2 Å². The number of aliphatic hydroxyl groups excluding tert-OH is 1. The van der Waals surface area contributed by atoms with E-state index in [1.54, 1.807) is 0 Å². The second-order valence-corrected chi connectivity index (χ2v) is 4.19. The normalized spacial score (nSPS) is 11.9. The Morgan fingerprint density at radius 2 is 2.28 bits per heavy atom. The van der Waals surface area contributed by atoms with Gasteiger partial charge in [-0.05, 0) is 22.0 Å². The summed E-state index contributed by atoms with van der Waals surface area (Å²) in [5, 5.41) is 22.3. The summed E-state index contributed by atoms with van der Waals surface area (Å²) in [4.78, 5) is 20.5. The van der Waals surface area contributed by atoms with Crippen LogP contribution in [0.1, 0.15) is 0 Å². The van der Waals surface area contributed by atoms with Crippen LogP contribution in [0.2, 0.25) is 0 Å². The summed E-state index contributed by atoms with van der Waals surface area (Å²) in [6.07, 6.45) is -1.49. The number of aliphatic hydroxyl groups is 1. The minimum absolute atomic E-state index is 0.0177. The molecule has 0 spiro atoms. The third-order valence-corrected chi connectivity index (χ3v) is 2.66. The van der Waals surface area contributed by atoms with Crippen molar-refractivity contribution < 1.29 is 19.2 Å². The number of amides is 1. The van der Waals surface area contributed by atoms with E-state index in [9.17, 15) is 19.3 Å². The van der Waals surface area contributed by atoms with Crippen LogP contribution in [-0.2, 0) is 4.79 Å². The van der Waals surface area contributed by atoms with E-state index in [0.717, 1.165) is 12.1 Å². The molecule has 0 aliphatic carbocycles. The average Bonchev–Trinajstić information content (AvgIpc) is 2.29. The molecule has 1 atom stereocenters. The lowest BCUT2D eigenvalue weighted by Gasteiger charge is -2.10. The Morgan fingerprint density at radius 3 is 2.78 bits per heavy atom. The number of nitro groups is 1. The fraction of sp³-hybridized carbons (Fsp3) is 0.222. The Bertz CT molecular complexity index is 497. The summed E-state index contributed by atoms with van der Waals surface area (Å²) in [5.41, 5.74) is 4.28. The summed E-state index contributed by atoms with van der Waals surface area (Å²) >= 11 is 2.87. The first-order valence-corrected chi connectivity index (χ1v) is 5.47. The maximum Gasteiger partial charge on any atom is 0.295 e. The fourth-order valence-electron chi connectivity index (χ4n) is 1.14. The smallest absolute Gasteiger partial charge is 0.295 e. The minimum atomic E-state index is -1.49. The standard InChI is InChI=1S/C9H9BrFN3O4/c10-4-1-6(13-3-8(15)9(12)16)7(14(17)18)2-5(4)11/h1-2,8,13,15H,3H2,(H2,12,16). The number of benzene rings is 1. The van der Waals surface area contributed by atoms with Crippen LogP contribution in [0.25, 0.3) is 0 Å². The number of halogens is 2. The third-order valence-electron chi connectivity index (χ3n) is 2.05. The molecular formula is C9H9BrFN3O4. The van der Waals surface area contributed by atoms with Gasteiger partial charge in [0.25, 0.3) is 5.69 Å². The lowest BCUT2D eigenvalue weighted by Crippen LogP contribution is -2.34. The molecule has 0 radical (unpaired) electrons. The highest BCUT2D eigenvalue weighted by molar-refractivity contribution is 9.10. The van der Waals surface area contributed by atoms with Crippen molar-refractivity contribution in [1.29, 1.82) is 0 Å². The monoisotopic (exact) mass is 321 g/mol. The van der Waals surface area contributed by atoms with Gasteiger partial charge in [-0.15, -0.1) is 0 Å². The molecule has 0 aromatic heterocycles. The molecule has 0 heterocycles. The highest BCUT2D eigenvalue weighted by Crippen LogP contribution is 2.30. The summed E-state index contributed by atoms with van der Waals surface area (Å²) in [7, 11) is 0. The molecule has 0 aliphatic heterocycles. The van der Waals surface area contributed by atoms with E-state index in [1.807, 2.05) is 0 Å². The summed E-state index contributed by atoms with van der Waals surface area (Å²) in [6, 6.07) is 1.87. The number of anilines is 1. The zero-order valence-electron chi connectivity index (χ0n) is 8.89. The first kappa shape index (κ1) is 14.3. The predicted octanol–water partition coefficient (Wildman–Crippen LogP) is 0.754. The summed E-state index contributed by atoms with van der Waals surface area (Å²) < 4.78 is 13.2. The Morgan fingerprint density at radius 1 is 1.67 bits per heavy atom. The van der Waals surface area contributed by atoms with Gasteiger partial charge in [-0.2, -0.15) is 0 Å². The van der Waals surface area contributed by atoms with Gasteiger partial charge < -0.3 is 16.2 Å².